The van der Waals surface area contributed by atoms with E-state index in [9.17, 15) is 9.59 Å². The lowest BCUT2D eigenvalue weighted by atomic mass is 9.75. The van der Waals surface area contributed by atoms with Crippen molar-refractivity contribution in [2.24, 2.45) is 0 Å². The van der Waals surface area contributed by atoms with Crippen LogP contribution in [-0.4, -0.2) is 23.9 Å². The van der Waals surface area contributed by atoms with Crippen LogP contribution in [0.3, 0.4) is 0 Å². The van der Waals surface area contributed by atoms with Crippen LogP contribution in [0.2, 0.25) is 0 Å². The highest BCUT2D eigenvalue weighted by Crippen LogP contribution is 2.53. The number of methoxy groups -OCH3 is 1. The molecule has 0 spiro atoms. The van der Waals surface area contributed by atoms with Gasteiger partial charge < -0.3 is 9.47 Å². The topological polar surface area (TPSA) is 55.8 Å². The Hall–Kier alpha value is -3.86. The van der Waals surface area contributed by atoms with Crippen LogP contribution in [0.1, 0.15) is 45.7 Å². The van der Waals surface area contributed by atoms with Gasteiger partial charge in [0.2, 0.25) is 0 Å². The molecular formula is C29H31NO4. The van der Waals surface area contributed by atoms with Gasteiger partial charge in [-0.05, 0) is 74.7 Å². The smallest absolute Gasteiger partial charge is 0.308 e. The summed E-state index contributed by atoms with van der Waals surface area (Å²) in [6.07, 6.45) is 9.67. The number of esters is 1. The van der Waals surface area contributed by atoms with Crippen molar-refractivity contribution in [3.63, 3.8) is 0 Å². The number of benzene rings is 2. The van der Waals surface area contributed by atoms with Crippen LogP contribution in [0.4, 0.5) is 0 Å². The molecule has 0 saturated carbocycles. The Morgan fingerprint density at radius 2 is 1.44 bits per heavy atom. The van der Waals surface area contributed by atoms with E-state index in [0.717, 1.165) is 28.1 Å². The lowest BCUT2D eigenvalue weighted by Gasteiger charge is -2.41. The Balaban J connectivity index is 2.43. The highest BCUT2D eigenvalue weighted by Gasteiger charge is 2.54. The minimum absolute atomic E-state index is 0.0818. The van der Waals surface area contributed by atoms with Crippen LogP contribution < -0.4 is 9.47 Å². The number of ether oxygens (including phenoxy) is 2. The van der Waals surface area contributed by atoms with Crippen LogP contribution in [0.25, 0.3) is 0 Å². The Kier molecular flexibility index (Phi) is 7.57. The largest absolute Gasteiger partial charge is 0.497 e. The summed E-state index contributed by atoms with van der Waals surface area (Å²) in [5.41, 5.74) is 3.16. The maximum absolute atomic E-state index is 13.9. The molecule has 1 saturated heterocycles. The molecule has 1 atom stereocenters. The molecule has 0 aliphatic carbocycles. The SMILES string of the molecule is C/C=C\C(=C/C)N1C(=O)C(=C/C)/C(=C\C)C1(c1ccc(OC)cc1)c1ccc(OC(C)=O)cc1. The zero-order valence-corrected chi connectivity index (χ0v) is 20.6. The summed E-state index contributed by atoms with van der Waals surface area (Å²) < 4.78 is 10.7. The van der Waals surface area contributed by atoms with Gasteiger partial charge in [-0.25, -0.2) is 0 Å². The number of carbonyl (C=O) groups is 2. The van der Waals surface area contributed by atoms with Crippen LogP contribution in [0.5, 0.6) is 11.5 Å². The van der Waals surface area contributed by atoms with E-state index in [1.165, 1.54) is 6.92 Å². The zero-order valence-electron chi connectivity index (χ0n) is 20.6. The maximum Gasteiger partial charge on any atom is 0.308 e. The van der Waals surface area contributed by atoms with Gasteiger partial charge in [-0.2, -0.15) is 0 Å². The Morgan fingerprint density at radius 3 is 1.85 bits per heavy atom. The van der Waals surface area contributed by atoms with Gasteiger partial charge in [0.25, 0.3) is 5.91 Å². The molecule has 176 valence electrons. The Labute approximate surface area is 201 Å². The molecule has 0 N–H and O–H groups in total. The van der Waals surface area contributed by atoms with Crippen LogP contribution >= 0.6 is 0 Å². The van der Waals surface area contributed by atoms with E-state index in [1.54, 1.807) is 19.2 Å². The Bertz CT molecular complexity index is 1180. The molecule has 2 aromatic carbocycles. The van der Waals surface area contributed by atoms with E-state index in [2.05, 4.69) is 0 Å². The number of likely N-dealkylation sites (tertiary alicyclic amines) is 1. The fraction of sp³-hybridized carbons (Fsp3) is 0.241. The number of hydrogen-bond acceptors (Lipinski definition) is 4. The third-order valence-electron chi connectivity index (χ3n) is 5.96. The third-order valence-corrected chi connectivity index (χ3v) is 5.96. The summed E-state index contributed by atoms with van der Waals surface area (Å²) in [4.78, 5) is 27.2. The molecule has 1 unspecified atom stereocenters. The third kappa shape index (κ3) is 4.10. The summed E-state index contributed by atoms with van der Waals surface area (Å²) in [6, 6.07) is 15.1. The molecule has 1 heterocycles. The van der Waals surface area contributed by atoms with Crippen molar-refractivity contribution in [2.45, 2.75) is 40.2 Å². The van der Waals surface area contributed by atoms with Crippen molar-refractivity contribution in [1.82, 2.24) is 4.90 Å². The molecule has 2 aromatic rings. The lowest BCUT2D eigenvalue weighted by Crippen LogP contribution is -2.44. The predicted octanol–water partition coefficient (Wildman–Crippen LogP) is 6.08. The summed E-state index contributed by atoms with van der Waals surface area (Å²) in [7, 11) is 1.63. The second kappa shape index (κ2) is 10.4. The number of allylic oxidation sites excluding steroid dienone is 5. The molecule has 0 radical (unpaired) electrons. The number of nitrogens with zero attached hydrogens (tertiary/aromatic N) is 1. The van der Waals surface area contributed by atoms with Crippen molar-refractivity contribution in [3.8, 4) is 11.5 Å². The predicted molar refractivity (Wildman–Crippen MR) is 134 cm³/mol. The number of amides is 1. The standard InChI is InChI=1S/C29H31NO4/c1-7-11-23(8-2)30-28(32)26(9-3)27(10-4)29(30,21-12-16-24(33-6)17-13-21)22-14-18-25(19-15-22)34-20(5)31/h7-19H,1-6H3/b11-7-,23-8+,26-9+,27-10+. The summed E-state index contributed by atoms with van der Waals surface area (Å²) >= 11 is 0. The van der Waals surface area contributed by atoms with Gasteiger partial charge in [0, 0.05) is 18.2 Å². The molecule has 5 nitrogen and oxygen atoms in total. The molecule has 5 heteroatoms. The number of hydrogen-bond donors (Lipinski definition) is 0. The summed E-state index contributed by atoms with van der Waals surface area (Å²) in [5, 5.41) is 0. The molecule has 0 bridgehead atoms. The highest BCUT2D eigenvalue weighted by molar-refractivity contribution is 6.05. The van der Waals surface area contributed by atoms with Crippen molar-refractivity contribution < 1.29 is 19.1 Å². The van der Waals surface area contributed by atoms with E-state index in [4.69, 9.17) is 9.47 Å². The first-order chi connectivity index (χ1) is 16.4. The normalized spacial score (nSPS) is 21.1. The minimum atomic E-state index is -0.934. The molecule has 34 heavy (non-hydrogen) atoms. The molecular weight excluding hydrogens is 426 g/mol. The van der Waals surface area contributed by atoms with E-state index >= 15 is 0 Å². The van der Waals surface area contributed by atoms with Gasteiger partial charge in [0.1, 0.15) is 17.0 Å². The average molecular weight is 458 g/mol. The van der Waals surface area contributed by atoms with E-state index < -0.39 is 5.54 Å². The van der Waals surface area contributed by atoms with Crippen molar-refractivity contribution in [3.05, 3.63) is 107 Å². The first-order valence-electron chi connectivity index (χ1n) is 11.3. The fourth-order valence-corrected chi connectivity index (χ4v) is 4.63. The molecule has 0 aromatic heterocycles. The Morgan fingerprint density at radius 1 is 0.882 bits per heavy atom. The zero-order chi connectivity index (χ0) is 24.9. The lowest BCUT2D eigenvalue weighted by molar-refractivity contribution is -0.132. The number of rotatable bonds is 6. The quantitative estimate of drug-likeness (QED) is 0.228. The monoisotopic (exact) mass is 457 g/mol. The maximum atomic E-state index is 13.9. The van der Waals surface area contributed by atoms with Gasteiger partial charge in [0.05, 0.1) is 7.11 Å². The van der Waals surface area contributed by atoms with Crippen LogP contribution in [0.15, 0.2) is 95.8 Å². The molecule has 1 aliphatic rings. The first kappa shape index (κ1) is 24.8. The highest BCUT2D eigenvalue weighted by atomic mass is 16.5. The second-order valence-electron chi connectivity index (χ2n) is 7.82. The molecule has 3 rings (SSSR count). The second-order valence-corrected chi connectivity index (χ2v) is 7.82. The number of carbonyl (C=O) groups excluding carboxylic acids is 2. The molecule has 1 amide bonds. The van der Waals surface area contributed by atoms with Crippen LogP contribution in [0, 0.1) is 0 Å². The summed E-state index contributed by atoms with van der Waals surface area (Å²) in [6.45, 7) is 9.06. The van der Waals surface area contributed by atoms with Crippen molar-refractivity contribution in [1.29, 1.82) is 0 Å². The van der Waals surface area contributed by atoms with Gasteiger partial charge >= 0.3 is 5.97 Å². The van der Waals surface area contributed by atoms with E-state index in [1.807, 2.05) is 99.4 Å². The molecule has 1 aliphatic heterocycles. The minimum Gasteiger partial charge on any atom is -0.497 e. The van der Waals surface area contributed by atoms with Gasteiger partial charge in [-0.15, -0.1) is 0 Å². The molecule has 1 fully saturated rings. The van der Waals surface area contributed by atoms with Crippen molar-refractivity contribution >= 4 is 11.9 Å². The van der Waals surface area contributed by atoms with E-state index in [-0.39, 0.29) is 11.9 Å². The van der Waals surface area contributed by atoms with Gasteiger partial charge in [-0.1, -0.05) is 48.6 Å². The van der Waals surface area contributed by atoms with Gasteiger partial charge in [-0.3, -0.25) is 14.5 Å². The van der Waals surface area contributed by atoms with Crippen molar-refractivity contribution in [2.75, 3.05) is 7.11 Å². The fourth-order valence-electron chi connectivity index (χ4n) is 4.63. The first-order valence-corrected chi connectivity index (χ1v) is 11.3. The summed E-state index contributed by atoms with van der Waals surface area (Å²) in [5.74, 6) is 0.713. The van der Waals surface area contributed by atoms with E-state index in [0.29, 0.717) is 11.3 Å². The average Bonchev–Trinajstić information content (AvgIpc) is 3.10. The van der Waals surface area contributed by atoms with Gasteiger partial charge in [0.15, 0.2) is 0 Å². The van der Waals surface area contributed by atoms with Crippen LogP contribution in [-0.2, 0) is 15.1 Å².